The van der Waals surface area contributed by atoms with Crippen molar-refractivity contribution in [3.63, 3.8) is 0 Å². The normalized spacial score (nSPS) is 11.4. The summed E-state index contributed by atoms with van der Waals surface area (Å²) in [5, 5.41) is 15.4. The molecule has 7 nitrogen and oxygen atoms in total. The second-order valence-electron chi connectivity index (χ2n) is 2.11. The molecule has 0 bridgehead atoms. The Morgan fingerprint density at radius 2 is 2.25 bits per heavy atom. The first-order chi connectivity index (χ1) is 5.43. The molecule has 0 aromatic carbocycles. The van der Waals surface area contributed by atoms with E-state index in [0.717, 1.165) is 12.5 Å². The number of nitrogens with zero attached hydrogens (tertiary/aromatic N) is 2. The maximum Gasteiger partial charge on any atom is 0.361 e. The SMILES string of the molecule is CS(=O)(=O)c1cn[nH]c1[N+](=O)[O-]. The topological polar surface area (TPSA) is 106 Å². The summed E-state index contributed by atoms with van der Waals surface area (Å²) >= 11 is 0. The molecule has 1 aromatic rings. The third-order valence-electron chi connectivity index (χ3n) is 1.17. The lowest BCUT2D eigenvalue weighted by atomic mass is 10.6. The molecule has 0 radical (unpaired) electrons. The lowest BCUT2D eigenvalue weighted by Crippen LogP contribution is -2.00. The van der Waals surface area contributed by atoms with Crippen molar-refractivity contribution in [1.29, 1.82) is 0 Å². The van der Waals surface area contributed by atoms with Gasteiger partial charge in [-0.2, -0.15) is 0 Å². The van der Waals surface area contributed by atoms with Crippen molar-refractivity contribution < 1.29 is 13.3 Å². The number of nitrogens with one attached hydrogen (secondary N) is 1. The van der Waals surface area contributed by atoms with E-state index in [0.29, 0.717) is 0 Å². The third-order valence-corrected chi connectivity index (χ3v) is 2.27. The zero-order valence-electron chi connectivity index (χ0n) is 6.01. The van der Waals surface area contributed by atoms with E-state index in [1.165, 1.54) is 0 Å². The van der Waals surface area contributed by atoms with Crippen molar-refractivity contribution in [3.05, 3.63) is 16.3 Å². The van der Waals surface area contributed by atoms with E-state index in [1.54, 1.807) is 0 Å². The Morgan fingerprint density at radius 1 is 1.67 bits per heavy atom. The number of H-pyrrole nitrogens is 1. The van der Waals surface area contributed by atoms with Crippen LogP contribution in [0.5, 0.6) is 0 Å². The first-order valence-electron chi connectivity index (χ1n) is 2.80. The van der Waals surface area contributed by atoms with Gasteiger partial charge in [0.25, 0.3) is 0 Å². The molecule has 66 valence electrons. The van der Waals surface area contributed by atoms with E-state index in [-0.39, 0.29) is 0 Å². The molecule has 0 aliphatic carbocycles. The molecule has 1 rings (SSSR count). The second kappa shape index (κ2) is 2.55. The van der Waals surface area contributed by atoms with Gasteiger partial charge < -0.3 is 10.1 Å². The first-order valence-corrected chi connectivity index (χ1v) is 4.70. The van der Waals surface area contributed by atoms with Gasteiger partial charge in [0, 0.05) is 6.26 Å². The lowest BCUT2D eigenvalue weighted by Gasteiger charge is -1.92. The maximum atomic E-state index is 10.9. The van der Waals surface area contributed by atoms with Gasteiger partial charge in [-0.25, -0.2) is 8.42 Å². The Hall–Kier alpha value is -1.44. The molecule has 0 fully saturated rings. The monoisotopic (exact) mass is 191 g/mol. The summed E-state index contributed by atoms with van der Waals surface area (Å²) in [5.41, 5.74) is 0. The highest BCUT2D eigenvalue weighted by atomic mass is 32.2. The van der Waals surface area contributed by atoms with Crippen LogP contribution in [0, 0.1) is 10.1 Å². The minimum absolute atomic E-state index is 0.396. The van der Waals surface area contributed by atoms with Crippen LogP contribution in [0.4, 0.5) is 5.82 Å². The largest absolute Gasteiger partial charge is 0.361 e. The van der Waals surface area contributed by atoms with Crippen LogP contribution in [0.15, 0.2) is 11.1 Å². The summed E-state index contributed by atoms with van der Waals surface area (Å²) in [6.07, 6.45) is 1.79. The standard InChI is InChI=1S/C4H5N3O4S/c1-12(10,11)3-2-5-6-4(3)7(8)9/h2H,1H3,(H,5,6). The molecule has 0 atom stereocenters. The van der Waals surface area contributed by atoms with E-state index in [2.05, 4.69) is 5.10 Å². The molecule has 1 heterocycles. The third kappa shape index (κ3) is 1.42. The van der Waals surface area contributed by atoms with Crippen LogP contribution in [-0.2, 0) is 9.84 Å². The molecule has 1 aromatic heterocycles. The Kier molecular flexibility index (Phi) is 1.84. The summed E-state index contributed by atoms with van der Waals surface area (Å²) in [6, 6.07) is 0. The van der Waals surface area contributed by atoms with Crippen LogP contribution in [-0.4, -0.2) is 29.8 Å². The van der Waals surface area contributed by atoms with Gasteiger partial charge in [0.2, 0.25) is 0 Å². The van der Waals surface area contributed by atoms with E-state index in [9.17, 15) is 18.5 Å². The fourth-order valence-electron chi connectivity index (χ4n) is 0.670. The van der Waals surface area contributed by atoms with Gasteiger partial charge in [-0.1, -0.05) is 5.10 Å². The molecule has 12 heavy (non-hydrogen) atoms. The fraction of sp³-hybridized carbons (Fsp3) is 0.250. The van der Waals surface area contributed by atoms with E-state index >= 15 is 0 Å². The van der Waals surface area contributed by atoms with Crippen molar-refractivity contribution >= 4 is 15.7 Å². The highest BCUT2D eigenvalue weighted by Crippen LogP contribution is 2.18. The molecule has 0 unspecified atom stereocenters. The van der Waals surface area contributed by atoms with Crippen LogP contribution >= 0.6 is 0 Å². The van der Waals surface area contributed by atoms with Gasteiger partial charge in [0.15, 0.2) is 14.7 Å². The zero-order chi connectivity index (χ0) is 9.35. The fourth-order valence-corrected chi connectivity index (χ4v) is 1.39. The van der Waals surface area contributed by atoms with Crippen molar-refractivity contribution in [1.82, 2.24) is 10.2 Å². The average molecular weight is 191 g/mol. The van der Waals surface area contributed by atoms with Gasteiger partial charge in [-0.15, -0.1) is 5.10 Å². The Bertz CT molecular complexity index is 406. The van der Waals surface area contributed by atoms with Crippen LogP contribution in [0.1, 0.15) is 0 Å². The molecule has 1 N–H and O–H groups in total. The summed E-state index contributed by atoms with van der Waals surface area (Å²) in [4.78, 5) is 8.97. The summed E-state index contributed by atoms with van der Waals surface area (Å²) in [7, 11) is -3.57. The van der Waals surface area contributed by atoms with Gasteiger partial charge in [-0.05, 0) is 4.92 Å². The highest BCUT2D eigenvalue weighted by Gasteiger charge is 2.23. The Labute approximate surface area is 67.5 Å². The number of nitro groups is 1. The Morgan fingerprint density at radius 3 is 2.58 bits per heavy atom. The van der Waals surface area contributed by atoms with Gasteiger partial charge in [0.05, 0.1) is 6.20 Å². The molecule has 0 amide bonds. The summed E-state index contributed by atoms with van der Waals surface area (Å²) in [5.74, 6) is -0.600. The van der Waals surface area contributed by atoms with E-state index in [1.807, 2.05) is 5.10 Å². The molecule has 8 heteroatoms. The average Bonchev–Trinajstić information content (AvgIpc) is 2.30. The quantitative estimate of drug-likeness (QED) is 0.511. The molecule has 0 aliphatic heterocycles. The molecular formula is C4H5N3O4S. The molecule has 0 aliphatic rings. The minimum Gasteiger partial charge on any atom is -0.358 e. The number of sulfone groups is 1. The van der Waals surface area contributed by atoms with Crippen molar-refractivity contribution in [2.45, 2.75) is 4.90 Å². The van der Waals surface area contributed by atoms with Crippen molar-refractivity contribution in [3.8, 4) is 0 Å². The van der Waals surface area contributed by atoms with Gasteiger partial charge in [0.1, 0.15) is 0 Å². The minimum atomic E-state index is -3.57. The lowest BCUT2D eigenvalue weighted by molar-refractivity contribution is -0.392. The zero-order valence-corrected chi connectivity index (χ0v) is 6.83. The van der Waals surface area contributed by atoms with Gasteiger partial charge in [-0.3, -0.25) is 0 Å². The predicted molar refractivity (Wildman–Crippen MR) is 38.4 cm³/mol. The second-order valence-corrected chi connectivity index (χ2v) is 4.10. The Balaban J connectivity index is 3.36. The molecule has 0 saturated heterocycles. The molecular weight excluding hydrogens is 186 g/mol. The number of hydrogen-bond donors (Lipinski definition) is 1. The summed E-state index contributed by atoms with van der Waals surface area (Å²) < 4.78 is 21.7. The highest BCUT2D eigenvalue weighted by molar-refractivity contribution is 7.90. The van der Waals surface area contributed by atoms with Crippen molar-refractivity contribution in [2.75, 3.05) is 6.26 Å². The maximum absolute atomic E-state index is 10.9. The number of aromatic nitrogens is 2. The van der Waals surface area contributed by atoms with E-state index in [4.69, 9.17) is 0 Å². The number of aromatic amines is 1. The van der Waals surface area contributed by atoms with Crippen molar-refractivity contribution in [2.24, 2.45) is 0 Å². The number of hydrogen-bond acceptors (Lipinski definition) is 5. The van der Waals surface area contributed by atoms with Crippen LogP contribution in [0.2, 0.25) is 0 Å². The predicted octanol–water partition coefficient (Wildman–Crippen LogP) is -0.279. The molecule has 0 spiro atoms. The first kappa shape index (κ1) is 8.65. The smallest absolute Gasteiger partial charge is 0.358 e. The van der Waals surface area contributed by atoms with Crippen LogP contribution < -0.4 is 0 Å². The molecule has 0 saturated carbocycles. The van der Waals surface area contributed by atoms with E-state index < -0.39 is 25.5 Å². The van der Waals surface area contributed by atoms with Crippen LogP contribution in [0.25, 0.3) is 0 Å². The number of rotatable bonds is 2. The summed E-state index contributed by atoms with van der Waals surface area (Å²) in [6.45, 7) is 0. The van der Waals surface area contributed by atoms with Gasteiger partial charge >= 0.3 is 5.82 Å². The van der Waals surface area contributed by atoms with Crippen LogP contribution in [0.3, 0.4) is 0 Å².